The van der Waals surface area contributed by atoms with E-state index < -0.39 is 30.0 Å². The minimum Gasteiger partial charge on any atom is -0.477 e. The third kappa shape index (κ3) is 3.75. The number of carbonyl (C=O) groups excluding carboxylic acids is 1. The third-order valence-corrected chi connectivity index (χ3v) is 3.75. The van der Waals surface area contributed by atoms with Crippen LogP contribution < -0.4 is 5.32 Å². The number of hydrogen-bond acceptors (Lipinski definition) is 3. The highest BCUT2D eigenvalue weighted by Gasteiger charge is 2.45. The van der Waals surface area contributed by atoms with Gasteiger partial charge in [-0.1, -0.05) is 12.8 Å². The molecule has 0 bridgehead atoms. The smallest absolute Gasteiger partial charge is 0.393 e. The Morgan fingerprint density at radius 1 is 1.23 bits per heavy atom. The van der Waals surface area contributed by atoms with E-state index in [1.165, 1.54) is 6.07 Å². The van der Waals surface area contributed by atoms with Gasteiger partial charge in [-0.3, -0.25) is 4.79 Å². The van der Waals surface area contributed by atoms with Crippen molar-refractivity contribution in [2.24, 2.45) is 5.92 Å². The molecule has 0 radical (unpaired) electrons. The Kier molecular flexibility index (Phi) is 4.68. The molecule has 0 aromatic carbocycles. The summed E-state index contributed by atoms with van der Waals surface area (Å²) in [6.07, 6.45) is -1.89. The second-order valence-electron chi connectivity index (χ2n) is 5.25. The van der Waals surface area contributed by atoms with E-state index in [1.54, 1.807) is 0 Å². The van der Waals surface area contributed by atoms with Crippen molar-refractivity contribution in [2.45, 2.75) is 37.9 Å². The van der Waals surface area contributed by atoms with Crippen LogP contribution >= 0.6 is 0 Å². The van der Waals surface area contributed by atoms with Gasteiger partial charge in [0.2, 0.25) is 0 Å². The van der Waals surface area contributed by atoms with Gasteiger partial charge in [-0.05, 0) is 25.0 Å². The number of carboxylic acid groups (broad SMARTS) is 1. The average molecular weight is 316 g/mol. The number of carboxylic acids is 1. The number of pyridine rings is 1. The Morgan fingerprint density at radius 3 is 2.45 bits per heavy atom. The highest BCUT2D eigenvalue weighted by atomic mass is 19.4. The summed E-state index contributed by atoms with van der Waals surface area (Å²) < 4.78 is 38.9. The molecule has 2 rings (SSSR count). The van der Waals surface area contributed by atoms with Gasteiger partial charge in [0.1, 0.15) is 5.69 Å². The highest BCUT2D eigenvalue weighted by Crippen LogP contribution is 2.37. The first-order valence-corrected chi connectivity index (χ1v) is 6.86. The lowest BCUT2D eigenvalue weighted by Gasteiger charge is -2.33. The van der Waals surface area contributed by atoms with E-state index in [9.17, 15) is 22.8 Å². The first kappa shape index (κ1) is 16.3. The van der Waals surface area contributed by atoms with Gasteiger partial charge in [-0.25, -0.2) is 9.78 Å². The lowest BCUT2D eigenvalue weighted by atomic mass is 9.84. The molecule has 22 heavy (non-hydrogen) atoms. The van der Waals surface area contributed by atoms with E-state index in [0.717, 1.165) is 12.3 Å². The van der Waals surface area contributed by atoms with Crippen LogP contribution in [0.25, 0.3) is 0 Å². The molecule has 1 heterocycles. The molecule has 1 aromatic heterocycles. The van der Waals surface area contributed by atoms with Crippen LogP contribution in [-0.2, 0) is 0 Å². The van der Waals surface area contributed by atoms with Gasteiger partial charge in [0.25, 0.3) is 5.91 Å². The molecule has 1 aromatic rings. The van der Waals surface area contributed by atoms with Crippen molar-refractivity contribution in [3.63, 3.8) is 0 Å². The van der Waals surface area contributed by atoms with Crippen molar-refractivity contribution >= 4 is 11.9 Å². The summed E-state index contributed by atoms with van der Waals surface area (Å²) in [5.41, 5.74) is -0.195. The predicted octanol–water partition coefficient (Wildman–Crippen LogP) is 2.63. The molecular weight excluding hydrogens is 301 g/mol. The zero-order chi connectivity index (χ0) is 16.3. The van der Waals surface area contributed by atoms with E-state index in [0.29, 0.717) is 12.8 Å². The van der Waals surface area contributed by atoms with E-state index >= 15 is 0 Å². The molecule has 0 unspecified atom stereocenters. The summed E-state index contributed by atoms with van der Waals surface area (Å²) in [7, 11) is 0. The maximum atomic E-state index is 13.0. The van der Waals surface area contributed by atoms with E-state index in [4.69, 9.17) is 5.11 Å². The number of aromatic nitrogens is 1. The van der Waals surface area contributed by atoms with Gasteiger partial charge < -0.3 is 10.4 Å². The molecule has 1 fully saturated rings. The van der Waals surface area contributed by atoms with Crippen molar-refractivity contribution in [1.29, 1.82) is 0 Å². The van der Waals surface area contributed by atoms with E-state index in [1.807, 2.05) is 0 Å². The topological polar surface area (TPSA) is 79.3 Å². The van der Waals surface area contributed by atoms with Gasteiger partial charge in [-0.15, -0.1) is 0 Å². The maximum absolute atomic E-state index is 13.0. The standard InChI is InChI=1S/C14H15F3N2O3/c15-14(16,17)9-3-1-2-4-10(9)19-12(20)8-5-6-11(13(21)22)18-7-8/h5-7,9-10H,1-4H2,(H,19,20)(H,21,22)/t9-,10-/m1/s1. The fourth-order valence-electron chi connectivity index (χ4n) is 2.60. The lowest BCUT2D eigenvalue weighted by molar-refractivity contribution is -0.187. The molecule has 1 amide bonds. The summed E-state index contributed by atoms with van der Waals surface area (Å²) in [6, 6.07) is 1.41. The van der Waals surface area contributed by atoms with Gasteiger partial charge in [-0.2, -0.15) is 13.2 Å². The van der Waals surface area contributed by atoms with Crippen molar-refractivity contribution < 1.29 is 27.9 Å². The lowest BCUT2D eigenvalue weighted by Crippen LogP contribution is -2.47. The zero-order valence-electron chi connectivity index (χ0n) is 11.6. The fourth-order valence-corrected chi connectivity index (χ4v) is 2.60. The van der Waals surface area contributed by atoms with Gasteiger partial charge in [0.05, 0.1) is 11.5 Å². The Bertz CT molecular complexity index is 557. The Labute approximate surface area is 124 Å². The molecule has 2 atom stereocenters. The van der Waals surface area contributed by atoms with Crippen LogP contribution in [0.5, 0.6) is 0 Å². The quantitative estimate of drug-likeness (QED) is 0.898. The molecule has 0 spiro atoms. The normalized spacial score (nSPS) is 22.1. The number of carbonyl (C=O) groups is 2. The summed E-state index contributed by atoms with van der Waals surface area (Å²) >= 11 is 0. The Balaban J connectivity index is 2.08. The third-order valence-electron chi connectivity index (χ3n) is 3.75. The van der Waals surface area contributed by atoms with Gasteiger partial charge in [0, 0.05) is 12.2 Å². The van der Waals surface area contributed by atoms with Crippen LogP contribution in [0.3, 0.4) is 0 Å². The minimum absolute atomic E-state index is 0.00461. The molecule has 1 aliphatic carbocycles. The maximum Gasteiger partial charge on any atom is 0.393 e. The molecule has 120 valence electrons. The second-order valence-corrected chi connectivity index (χ2v) is 5.25. The van der Waals surface area contributed by atoms with Crippen LogP contribution in [0.1, 0.15) is 46.5 Å². The predicted molar refractivity (Wildman–Crippen MR) is 70.5 cm³/mol. The number of aromatic carboxylic acids is 1. The Morgan fingerprint density at radius 2 is 1.91 bits per heavy atom. The minimum atomic E-state index is -4.34. The van der Waals surface area contributed by atoms with Crippen LogP contribution in [-0.4, -0.2) is 34.2 Å². The SMILES string of the molecule is O=C(N[C@@H]1CCCC[C@H]1C(F)(F)F)c1ccc(C(=O)O)nc1. The summed E-state index contributed by atoms with van der Waals surface area (Å²) in [6.45, 7) is 0. The number of nitrogens with zero attached hydrogens (tertiary/aromatic N) is 1. The molecule has 5 nitrogen and oxygen atoms in total. The zero-order valence-corrected chi connectivity index (χ0v) is 11.6. The number of hydrogen-bond donors (Lipinski definition) is 2. The van der Waals surface area contributed by atoms with Crippen molar-refractivity contribution in [3.8, 4) is 0 Å². The number of rotatable bonds is 3. The highest BCUT2D eigenvalue weighted by molar-refractivity contribution is 5.95. The number of nitrogens with one attached hydrogen (secondary N) is 1. The molecule has 2 N–H and O–H groups in total. The number of alkyl halides is 3. The first-order chi connectivity index (χ1) is 10.3. The van der Waals surface area contributed by atoms with Crippen LogP contribution in [0.2, 0.25) is 0 Å². The van der Waals surface area contributed by atoms with Crippen molar-refractivity contribution in [3.05, 3.63) is 29.6 Å². The largest absolute Gasteiger partial charge is 0.477 e. The molecule has 1 aliphatic rings. The van der Waals surface area contributed by atoms with Crippen molar-refractivity contribution in [1.82, 2.24) is 10.3 Å². The first-order valence-electron chi connectivity index (χ1n) is 6.86. The summed E-state index contributed by atoms with van der Waals surface area (Å²) in [5, 5.41) is 11.1. The Hall–Kier alpha value is -2.12. The second kappa shape index (κ2) is 6.33. The van der Waals surface area contributed by atoms with Crippen LogP contribution in [0, 0.1) is 5.92 Å². The number of halogens is 3. The summed E-state index contributed by atoms with van der Waals surface area (Å²) in [5.74, 6) is -3.46. The van der Waals surface area contributed by atoms with E-state index in [-0.39, 0.29) is 24.1 Å². The fraction of sp³-hybridized carbons (Fsp3) is 0.500. The summed E-state index contributed by atoms with van der Waals surface area (Å²) in [4.78, 5) is 26.2. The number of amides is 1. The van der Waals surface area contributed by atoms with Crippen LogP contribution in [0.15, 0.2) is 18.3 Å². The monoisotopic (exact) mass is 316 g/mol. The molecule has 8 heteroatoms. The molecule has 0 saturated heterocycles. The van der Waals surface area contributed by atoms with Crippen LogP contribution in [0.4, 0.5) is 13.2 Å². The molecular formula is C14H15F3N2O3. The van der Waals surface area contributed by atoms with Gasteiger partial charge >= 0.3 is 12.1 Å². The molecule has 1 saturated carbocycles. The molecule has 0 aliphatic heterocycles. The van der Waals surface area contributed by atoms with E-state index in [2.05, 4.69) is 10.3 Å². The average Bonchev–Trinajstić information content (AvgIpc) is 2.46. The van der Waals surface area contributed by atoms with Crippen molar-refractivity contribution in [2.75, 3.05) is 0 Å². The van der Waals surface area contributed by atoms with Gasteiger partial charge in [0.15, 0.2) is 0 Å².